The van der Waals surface area contributed by atoms with E-state index in [0.29, 0.717) is 25.4 Å². The van der Waals surface area contributed by atoms with Gasteiger partial charge in [0, 0.05) is 13.1 Å². The van der Waals surface area contributed by atoms with Gasteiger partial charge < -0.3 is 36.4 Å². The highest BCUT2D eigenvalue weighted by molar-refractivity contribution is 6.37. The van der Waals surface area contributed by atoms with Gasteiger partial charge in [-0.3, -0.25) is 19.7 Å². The fourth-order valence-corrected chi connectivity index (χ4v) is 7.59. The number of piperidine rings is 1. The molecule has 0 bridgehead atoms. The molecule has 1 saturated heterocycles. The zero-order valence-corrected chi connectivity index (χ0v) is 28.4. The summed E-state index contributed by atoms with van der Waals surface area (Å²) < 4.78 is 5.33. The third kappa shape index (κ3) is 8.50. The second-order valence-corrected chi connectivity index (χ2v) is 15.5. The number of rotatable bonds is 14. The lowest BCUT2D eigenvalue weighted by atomic mass is 9.83. The smallest absolute Gasteiger partial charge is 0.407 e. The molecule has 4 fully saturated rings. The van der Waals surface area contributed by atoms with Crippen LogP contribution < -0.4 is 27.0 Å². The third-order valence-corrected chi connectivity index (χ3v) is 10.8. The second kappa shape index (κ2) is 14.5. The first-order chi connectivity index (χ1) is 21.6. The molecule has 46 heavy (non-hydrogen) atoms. The maximum absolute atomic E-state index is 14.5. The molecule has 7 atom stereocenters. The van der Waals surface area contributed by atoms with Gasteiger partial charge in [-0.2, -0.15) is 0 Å². The van der Waals surface area contributed by atoms with Crippen LogP contribution in [0.5, 0.6) is 0 Å². The molecule has 260 valence electrons. The minimum absolute atomic E-state index is 0.0123. The van der Waals surface area contributed by atoms with Gasteiger partial charge in [0.05, 0.1) is 18.1 Å². The Morgan fingerprint density at radius 1 is 1.02 bits per heavy atom. The standard InChI is InChI=1S/C33H56N6O7/c1-7-35-31(45)46-17-22(32(2,3)4)37-30(44)38-24(19-11-9-8-10-12-19)29(43)39-16-20-23(33(20,5)6)25(39)28(42)36-21(15-18-13-14-18)26(40)27(34)41/h18-25,28,36,42H,7-17H2,1-6H3,(H2,34,41)(H,35,45)(H2,37,38,44)/t20?,21?,22?,23-,24?,25?,28?/m0/s1. The molecule has 6 unspecified atom stereocenters. The number of hydrogen-bond donors (Lipinski definition) is 6. The number of nitrogens with zero attached hydrogens (tertiary/aromatic N) is 1. The number of alkyl carbamates (subject to hydrolysis) is 1. The fraction of sp³-hybridized carbons (Fsp3) is 0.848. The minimum Gasteiger partial charge on any atom is -0.447 e. The fourth-order valence-electron chi connectivity index (χ4n) is 7.59. The van der Waals surface area contributed by atoms with Gasteiger partial charge in [-0.15, -0.1) is 0 Å². The molecule has 13 heteroatoms. The van der Waals surface area contributed by atoms with E-state index in [2.05, 4.69) is 35.1 Å². The van der Waals surface area contributed by atoms with Crippen LogP contribution in [0.2, 0.25) is 0 Å². The van der Waals surface area contributed by atoms with E-state index in [-0.39, 0.29) is 35.7 Å². The van der Waals surface area contributed by atoms with Gasteiger partial charge in [-0.05, 0) is 60.7 Å². The molecule has 13 nitrogen and oxygen atoms in total. The number of ketones is 1. The molecule has 4 aliphatic rings. The number of aliphatic hydroxyl groups is 1. The van der Waals surface area contributed by atoms with Crippen molar-refractivity contribution in [3.63, 3.8) is 0 Å². The monoisotopic (exact) mass is 648 g/mol. The largest absolute Gasteiger partial charge is 0.447 e. The summed E-state index contributed by atoms with van der Waals surface area (Å²) in [5, 5.41) is 23.1. The Balaban J connectivity index is 1.52. The first-order valence-corrected chi connectivity index (χ1v) is 17.1. The number of ether oxygens (including phenoxy) is 1. The van der Waals surface area contributed by atoms with Crippen molar-refractivity contribution in [1.82, 2.24) is 26.2 Å². The van der Waals surface area contributed by atoms with E-state index in [1.54, 1.807) is 11.8 Å². The lowest BCUT2D eigenvalue weighted by molar-refractivity contribution is -0.142. The Morgan fingerprint density at radius 3 is 2.24 bits per heavy atom. The quantitative estimate of drug-likeness (QED) is 0.122. The molecule has 4 rings (SSSR count). The normalized spacial score (nSPS) is 26.6. The summed E-state index contributed by atoms with van der Waals surface area (Å²) in [7, 11) is 0. The maximum atomic E-state index is 14.5. The second-order valence-electron chi connectivity index (χ2n) is 15.5. The molecule has 1 heterocycles. The van der Waals surface area contributed by atoms with Crippen molar-refractivity contribution in [3.8, 4) is 0 Å². The third-order valence-electron chi connectivity index (χ3n) is 10.8. The van der Waals surface area contributed by atoms with Gasteiger partial charge in [0.2, 0.25) is 11.7 Å². The number of Topliss-reactive ketones (excluding diaryl/α,β-unsaturated/α-hetero) is 1. The molecule has 7 N–H and O–H groups in total. The molecular weight excluding hydrogens is 592 g/mol. The molecular formula is C33H56N6O7. The first-order valence-electron chi connectivity index (χ1n) is 17.1. The Morgan fingerprint density at radius 2 is 1.67 bits per heavy atom. The number of urea groups is 1. The van der Waals surface area contributed by atoms with Crippen molar-refractivity contribution in [2.75, 3.05) is 19.7 Å². The summed E-state index contributed by atoms with van der Waals surface area (Å²) in [6.45, 7) is 12.6. The molecule has 0 aromatic carbocycles. The minimum atomic E-state index is -1.26. The Bertz CT molecular complexity index is 1150. The topological polar surface area (TPSA) is 192 Å². The van der Waals surface area contributed by atoms with E-state index in [4.69, 9.17) is 10.5 Å². The van der Waals surface area contributed by atoms with Gasteiger partial charge >= 0.3 is 12.1 Å². The van der Waals surface area contributed by atoms with Crippen LogP contribution in [-0.2, 0) is 19.1 Å². The molecule has 0 radical (unpaired) electrons. The Hall–Kier alpha value is -2.93. The highest BCUT2D eigenvalue weighted by Crippen LogP contribution is 2.65. The summed E-state index contributed by atoms with van der Waals surface area (Å²) in [6.07, 6.45) is 5.03. The van der Waals surface area contributed by atoms with Gasteiger partial charge in [0.15, 0.2) is 0 Å². The van der Waals surface area contributed by atoms with Crippen LogP contribution in [-0.4, -0.2) is 89.8 Å². The van der Waals surface area contributed by atoms with Crippen LogP contribution in [0.1, 0.15) is 92.9 Å². The van der Waals surface area contributed by atoms with Crippen LogP contribution in [0.3, 0.4) is 0 Å². The van der Waals surface area contributed by atoms with Gasteiger partial charge in [0.1, 0.15) is 18.9 Å². The molecule has 3 saturated carbocycles. The SMILES string of the molecule is CCNC(=O)OCC(NC(=O)NC(C(=O)N1CC2[C@@H](C1C(O)NC(CC1CC1)C(=O)C(N)=O)C2(C)C)C1CCCCC1)C(C)(C)C. The number of nitrogens with two attached hydrogens (primary N) is 1. The average molecular weight is 649 g/mol. The van der Waals surface area contributed by atoms with E-state index in [1.807, 2.05) is 20.8 Å². The van der Waals surface area contributed by atoms with Crippen molar-refractivity contribution in [3.05, 3.63) is 0 Å². The van der Waals surface area contributed by atoms with Crippen molar-refractivity contribution in [2.45, 2.75) is 123 Å². The van der Waals surface area contributed by atoms with Crippen molar-refractivity contribution >= 4 is 29.7 Å². The number of amides is 5. The van der Waals surface area contributed by atoms with Crippen LogP contribution in [0.4, 0.5) is 9.59 Å². The van der Waals surface area contributed by atoms with Crippen molar-refractivity contribution in [2.24, 2.45) is 40.2 Å². The van der Waals surface area contributed by atoms with Gasteiger partial charge in [0.25, 0.3) is 5.91 Å². The first kappa shape index (κ1) is 35.9. The van der Waals surface area contributed by atoms with E-state index in [1.165, 1.54) is 0 Å². The number of fused-ring (bicyclic) bond motifs is 1. The number of likely N-dealkylation sites (tertiary alicyclic amines) is 1. The predicted octanol–water partition coefficient (Wildman–Crippen LogP) is 2.01. The molecule has 5 amide bonds. The summed E-state index contributed by atoms with van der Waals surface area (Å²) in [5.74, 6) is -1.72. The predicted molar refractivity (Wildman–Crippen MR) is 171 cm³/mol. The molecule has 0 aromatic rings. The molecule has 3 aliphatic carbocycles. The van der Waals surface area contributed by atoms with E-state index < -0.39 is 59.6 Å². The zero-order chi connectivity index (χ0) is 34.0. The highest BCUT2D eigenvalue weighted by Gasteiger charge is 2.69. The number of aliphatic hydroxyl groups excluding tert-OH is 1. The van der Waals surface area contributed by atoms with Crippen LogP contribution in [0.15, 0.2) is 0 Å². The lowest BCUT2D eigenvalue weighted by Gasteiger charge is -2.40. The highest BCUT2D eigenvalue weighted by atomic mass is 16.5. The number of nitrogens with one attached hydrogen (secondary N) is 4. The summed E-state index contributed by atoms with van der Waals surface area (Å²) in [4.78, 5) is 66.2. The van der Waals surface area contributed by atoms with Crippen LogP contribution >= 0.6 is 0 Å². The summed E-state index contributed by atoms with van der Waals surface area (Å²) >= 11 is 0. The average Bonchev–Trinajstić information content (AvgIpc) is 3.84. The van der Waals surface area contributed by atoms with Gasteiger partial charge in [-0.1, -0.05) is 66.7 Å². The van der Waals surface area contributed by atoms with E-state index in [0.717, 1.165) is 44.9 Å². The number of carbonyl (C=O) groups excluding carboxylic acids is 5. The molecule has 0 spiro atoms. The lowest BCUT2D eigenvalue weighted by Crippen LogP contribution is -2.62. The number of carbonyl (C=O) groups is 5. The van der Waals surface area contributed by atoms with Crippen LogP contribution in [0.25, 0.3) is 0 Å². The number of hydrogen-bond acceptors (Lipinski definition) is 8. The summed E-state index contributed by atoms with van der Waals surface area (Å²) in [6, 6.07) is -3.44. The van der Waals surface area contributed by atoms with E-state index in [9.17, 15) is 29.1 Å². The molecule has 0 aromatic heterocycles. The zero-order valence-electron chi connectivity index (χ0n) is 28.4. The van der Waals surface area contributed by atoms with E-state index >= 15 is 0 Å². The number of primary amides is 1. The van der Waals surface area contributed by atoms with Gasteiger partial charge in [-0.25, -0.2) is 9.59 Å². The Kier molecular flexibility index (Phi) is 11.3. The summed E-state index contributed by atoms with van der Waals surface area (Å²) in [5.41, 5.74) is 4.78. The van der Waals surface area contributed by atoms with Crippen LogP contribution in [0, 0.1) is 34.5 Å². The maximum Gasteiger partial charge on any atom is 0.407 e. The van der Waals surface area contributed by atoms with Crippen molar-refractivity contribution in [1.29, 1.82) is 0 Å². The van der Waals surface area contributed by atoms with Crippen molar-refractivity contribution < 1.29 is 33.8 Å². The Labute approximate surface area is 272 Å². The molecule has 1 aliphatic heterocycles.